The lowest BCUT2D eigenvalue weighted by Gasteiger charge is -2.34. The van der Waals surface area contributed by atoms with Crippen molar-refractivity contribution in [3.63, 3.8) is 0 Å². The van der Waals surface area contributed by atoms with E-state index in [9.17, 15) is 9.90 Å². The van der Waals surface area contributed by atoms with E-state index >= 15 is 0 Å². The largest absolute Gasteiger partial charge is 0.385 e. The van der Waals surface area contributed by atoms with Crippen LogP contribution < -0.4 is 10.2 Å². The number of piperidine rings is 1. The Bertz CT molecular complexity index is 678. The molecule has 1 amide bonds. The van der Waals surface area contributed by atoms with Crippen molar-refractivity contribution in [3.05, 3.63) is 66.2 Å². The average Bonchev–Trinajstić information content (AvgIpc) is 2.63. The predicted octanol–water partition coefficient (Wildman–Crippen LogP) is 3.07. The third kappa shape index (κ3) is 4.60. The highest BCUT2D eigenvalue weighted by atomic mass is 16.3. The molecule has 2 N–H and O–H groups in total. The molecule has 132 valence electrons. The quantitative estimate of drug-likeness (QED) is 0.881. The maximum absolute atomic E-state index is 12.4. The van der Waals surface area contributed by atoms with Gasteiger partial charge in [0.15, 0.2) is 0 Å². The first-order valence-corrected chi connectivity index (χ1v) is 8.92. The maximum Gasteiger partial charge on any atom is 0.223 e. The minimum absolute atomic E-state index is 0.0793. The van der Waals surface area contributed by atoms with E-state index in [0.717, 1.165) is 31.5 Å². The van der Waals surface area contributed by atoms with Gasteiger partial charge in [0.1, 0.15) is 0 Å². The molecule has 1 aliphatic rings. The first-order valence-electron chi connectivity index (χ1n) is 8.92. The van der Waals surface area contributed by atoms with Crippen LogP contribution in [0.25, 0.3) is 0 Å². The average molecular weight is 338 g/mol. The summed E-state index contributed by atoms with van der Waals surface area (Å²) < 4.78 is 0. The minimum Gasteiger partial charge on any atom is -0.385 e. The number of benzene rings is 2. The van der Waals surface area contributed by atoms with E-state index in [0.29, 0.717) is 0 Å². The van der Waals surface area contributed by atoms with Crippen molar-refractivity contribution in [2.75, 3.05) is 18.0 Å². The number of hydrogen-bond donors (Lipinski definition) is 2. The zero-order chi connectivity index (χ0) is 17.7. The lowest BCUT2D eigenvalue weighted by molar-refractivity contribution is -0.126. The van der Waals surface area contributed by atoms with Crippen molar-refractivity contribution >= 4 is 11.6 Å². The number of amides is 1. The van der Waals surface area contributed by atoms with Crippen LogP contribution in [0.3, 0.4) is 0 Å². The van der Waals surface area contributed by atoms with Crippen LogP contribution in [0, 0.1) is 0 Å². The second kappa shape index (κ2) is 7.70. The Kier molecular flexibility index (Phi) is 5.39. The van der Waals surface area contributed by atoms with Gasteiger partial charge in [0, 0.05) is 24.8 Å². The summed E-state index contributed by atoms with van der Waals surface area (Å²) in [5.41, 5.74) is 0.860. The summed E-state index contributed by atoms with van der Waals surface area (Å²) in [4.78, 5) is 14.7. The molecule has 0 aromatic heterocycles. The molecule has 1 aliphatic heterocycles. The number of aliphatic hydroxyl groups is 1. The number of rotatable bonds is 5. The van der Waals surface area contributed by atoms with Crippen molar-refractivity contribution in [1.29, 1.82) is 0 Å². The number of carbonyl (C=O) groups excluding carboxylic acids is 1. The molecule has 4 nitrogen and oxygen atoms in total. The summed E-state index contributed by atoms with van der Waals surface area (Å²) in [5, 5.41) is 13.7. The fourth-order valence-electron chi connectivity index (χ4n) is 3.41. The van der Waals surface area contributed by atoms with Gasteiger partial charge < -0.3 is 15.3 Å². The Labute approximate surface area is 149 Å². The second-order valence-corrected chi connectivity index (χ2v) is 6.98. The maximum atomic E-state index is 12.4. The standard InChI is InChI=1S/C21H26N2O2/c1-21(25,17-8-4-2-5-9-17)16-20(24)22-18-12-14-23(15-13-18)19-10-6-3-7-11-19/h2-11,18,25H,12-16H2,1H3,(H,22,24)/t21-/m0/s1. The van der Waals surface area contributed by atoms with Crippen molar-refractivity contribution in [2.45, 2.75) is 37.8 Å². The highest BCUT2D eigenvalue weighted by Gasteiger charge is 2.28. The van der Waals surface area contributed by atoms with E-state index in [1.54, 1.807) is 6.92 Å². The first-order chi connectivity index (χ1) is 12.0. The van der Waals surface area contributed by atoms with Gasteiger partial charge in [-0.05, 0) is 37.5 Å². The number of carbonyl (C=O) groups is 1. The van der Waals surface area contributed by atoms with Crippen molar-refractivity contribution in [1.82, 2.24) is 5.32 Å². The molecule has 1 heterocycles. The summed E-state index contributed by atoms with van der Waals surface area (Å²) in [6.07, 6.45) is 1.93. The van der Waals surface area contributed by atoms with Gasteiger partial charge in [0.05, 0.1) is 12.0 Å². The van der Waals surface area contributed by atoms with E-state index in [2.05, 4.69) is 34.5 Å². The van der Waals surface area contributed by atoms with E-state index in [4.69, 9.17) is 0 Å². The van der Waals surface area contributed by atoms with E-state index in [1.807, 2.05) is 36.4 Å². The van der Waals surface area contributed by atoms with Gasteiger partial charge in [0.25, 0.3) is 0 Å². The Morgan fingerprint density at radius 2 is 1.64 bits per heavy atom. The summed E-state index contributed by atoms with van der Waals surface area (Å²) in [7, 11) is 0. The number of nitrogens with one attached hydrogen (secondary N) is 1. The molecular formula is C21H26N2O2. The van der Waals surface area contributed by atoms with Gasteiger partial charge in [-0.25, -0.2) is 0 Å². The fraction of sp³-hybridized carbons (Fsp3) is 0.381. The molecule has 1 atom stereocenters. The molecule has 3 rings (SSSR count). The Balaban J connectivity index is 1.50. The van der Waals surface area contributed by atoms with Gasteiger partial charge in [-0.15, -0.1) is 0 Å². The van der Waals surface area contributed by atoms with Crippen LogP contribution in [-0.2, 0) is 10.4 Å². The van der Waals surface area contributed by atoms with Gasteiger partial charge in [-0.3, -0.25) is 4.79 Å². The van der Waals surface area contributed by atoms with Crippen molar-refractivity contribution in [2.24, 2.45) is 0 Å². The Morgan fingerprint density at radius 3 is 2.24 bits per heavy atom. The van der Waals surface area contributed by atoms with E-state index in [-0.39, 0.29) is 18.4 Å². The summed E-state index contributed by atoms with van der Waals surface area (Å²) in [5.74, 6) is -0.0907. The van der Waals surface area contributed by atoms with Crippen LogP contribution in [0.1, 0.15) is 31.7 Å². The van der Waals surface area contributed by atoms with Crippen LogP contribution in [-0.4, -0.2) is 30.1 Å². The normalized spacial score (nSPS) is 17.8. The third-order valence-electron chi connectivity index (χ3n) is 4.88. The van der Waals surface area contributed by atoms with Gasteiger partial charge in [-0.2, -0.15) is 0 Å². The van der Waals surface area contributed by atoms with Crippen LogP contribution >= 0.6 is 0 Å². The van der Waals surface area contributed by atoms with E-state index in [1.165, 1.54) is 5.69 Å². The molecule has 4 heteroatoms. The number of hydrogen-bond acceptors (Lipinski definition) is 3. The Morgan fingerprint density at radius 1 is 1.08 bits per heavy atom. The molecule has 0 radical (unpaired) electrons. The van der Waals surface area contributed by atoms with Gasteiger partial charge in [0.2, 0.25) is 5.91 Å². The molecule has 1 fully saturated rings. The van der Waals surface area contributed by atoms with Gasteiger partial charge >= 0.3 is 0 Å². The van der Waals surface area contributed by atoms with Gasteiger partial charge in [-0.1, -0.05) is 48.5 Å². The number of para-hydroxylation sites is 1. The Hall–Kier alpha value is -2.33. The second-order valence-electron chi connectivity index (χ2n) is 6.98. The number of anilines is 1. The molecule has 0 spiro atoms. The summed E-state index contributed by atoms with van der Waals surface area (Å²) in [6.45, 7) is 3.56. The lowest BCUT2D eigenvalue weighted by Crippen LogP contribution is -2.46. The highest BCUT2D eigenvalue weighted by molar-refractivity contribution is 5.77. The van der Waals surface area contributed by atoms with Crippen LogP contribution in [0.4, 0.5) is 5.69 Å². The molecule has 0 saturated carbocycles. The number of nitrogens with zero attached hydrogens (tertiary/aromatic N) is 1. The molecule has 2 aromatic carbocycles. The predicted molar refractivity (Wildman–Crippen MR) is 100 cm³/mol. The minimum atomic E-state index is -1.14. The summed E-state index contributed by atoms with van der Waals surface area (Å²) in [6, 6.07) is 19.9. The molecular weight excluding hydrogens is 312 g/mol. The molecule has 0 bridgehead atoms. The van der Waals surface area contributed by atoms with Crippen LogP contribution in [0.2, 0.25) is 0 Å². The molecule has 1 saturated heterocycles. The topological polar surface area (TPSA) is 52.6 Å². The van der Waals surface area contributed by atoms with Crippen molar-refractivity contribution < 1.29 is 9.90 Å². The molecule has 2 aromatic rings. The first kappa shape index (κ1) is 17.5. The van der Waals surface area contributed by atoms with E-state index < -0.39 is 5.60 Å². The zero-order valence-corrected chi connectivity index (χ0v) is 14.7. The zero-order valence-electron chi connectivity index (χ0n) is 14.7. The lowest BCUT2D eigenvalue weighted by atomic mass is 9.92. The highest BCUT2D eigenvalue weighted by Crippen LogP contribution is 2.25. The van der Waals surface area contributed by atoms with Crippen LogP contribution in [0.15, 0.2) is 60.7 Å². The van der Waals surface area contributed by atoms with Crippen molar-refractivity contribution in [3.8, 4) is 0 Å². The monoisotopic (exact) mass is 338 g/mol. The summed E-state index contributed by atoms with van der Waals surface area (Å²) >= 11 is 0. The fourth-order valence-corrected chi connectivity index (χ4v) is 3.41. The molecule has 25 heavy (non-hydrogen) atoms. The molecule has 0 unspecified atom stereocenters. The smallest absolute Gasteiger partial charge is 0.223 e. The third-order valence-corrected chi connectivity index (χ3v) is 4.88. The molecule has 0 aliphatic carbocycles. The van der Waals surface area contributed by atoms with Crippen LogP contribution in [0.5, 0.6) is 0 Å². The SMILES string of the molecule is C[C@](O)(CC(=O)NC1CCN(c2ccccc2)CC1)c1ccccc1.